The van der Waals surface area contributed by atoms with E-state index < -0.39 is 6.23 Å². The van der Waals surface area contributed by atoms with Gasteiger partial charge in [-0.3, -0.25) is 0 Å². The van der Waals surface area contributed by atoms with Crippen LogP contribution in [0, 0.1) is 0 Å². The van der Waals surface area contributed by atoms with Gasteiger partial charge < -0.3 is 18.9 Å². The number of nitrogens with zero attached hydrogens (tertiary/aromatic N) is 2. The summed E-state index contributed by atoms with van der Waals surface area (Å²) in [7, 11) is 4.97. The normalized spacial score (nSPS) is 19.4. The average molecular weight is 423 g/mol. The number of methoxy groups -OCH3 is 3. The number of ether oxygens (including phenoxy) is 4. The lowest BCUT2D eigenvalue weighted by atomic mass is 9.97. The fraction of sp³-hybridized carbons (Fsp3) is 0.261. The second-order valence-corrected chi connectivity index (χ2v) is 8.03. The van der Waals surface area contributed by atoms with E-state index in [9.17, 15) is 0 Å². The van der Waals surface area contributed by atoms with Gasteiger partial charge in [-0.2, -0.15) is 5.10 Å². The van der Waals surface area contributed by atoms with Gasteiger partial charge in [-0.05, 0) is 35.7 Å². The molecule has 30 heavy (non-hydrogen) atoms. The number of hydrogen-bond acceptors (Lipinski definition) is 7. The smallest absolute Gasteiger partial charge is 0.217 e. The molecule has 1 aromatic heterocycles. The molecule has 0 spiro atoms. The van der Waals surface area contributed by atoms with Crippen molar-refractivity contribution >= 4 is 17.0 Å². The Morgan fingerprint density at radius 3 is 2.57 bits per heavy atom. The Bertz CT molecular complexity index is 1100. The van der Waals surface area contributed by atoms with Crippen LogP contribution < -0.4 is 18.9 Å². The quantitative estimate of drug-likeness (QED) is 0.578. The van der Waals surface area contributed by atoms with Gasteiger partial charge in [0, 0.05) is 12.0 Å². The number of hydrazone groups is 1. The van der Waals surface area contributed by atoms with Crippen molar-refractivity contribution in [3.8, 4) is 23.0 Å². The van der Waals surface area contributed by atoms with Gasteiger partial charge in [-0.15, -0.1) is 11.3 Å². The number of hydrogen-bond donors (Lipinski definition) is 0. The second kappa shape index (κ2) is 7.57. The van der Waals surface area contributed by atoms with Crippen molar-refractivity contribution in [1.29, 1.82) is 0 Å². The van der Waals surface area contributed by atoms with E-state index >= 15 is 0 Å². The number of benzene rings is 2. The van der Waals surface area contributed by atoms with Crippen LogP contribution in [0.3, 0.4) is 0 Å². The zero-order valence-corrected chi connectivity index (χ0v) is 17.8. The first kappa shape index (κ1) is 18.8. The summed E-state index contributed by atoms with van der Waals surface area (Å²) < 4.78 is 23.2. The Morgan fingerprint density at radius 1 is 0.967 bits per heavy atom. The molecule has 3 aromatic rings. The average Bonchev–Trinajstić information content (AvgIpc) is 3.47. The van der Waals surface area contributed by atoms with Gasteiger partial charge in [0.25, 0.3) is 0 Å². The van der Waals surface area contributed by atoms with Crippen LogP contribution in [0.2, 0.25) is 0 Å². The van der Waals surface area contributed by atoms with Crippen molar-refractivity contribution in [1.82, 2.24) is 5.01 Å². The van der Waals surface area contributed by atoms with Gasteiger partial charge in [-0.1, -0.05) is 18.2 Å². The zero-order chi connectivity index (χ0) is 20.7. The van der Waals surface area contributed by atoms with Crippen molar-refractivity contribution in [2.24, 2.45) is 5.10 Å². The highest BCUT2D eigenvalue weighted by Gasteiger charge is 2.43. The van der Waals surface area contributed by atoms with Gasteiger partial charge in [-0.25, -0.2) is 5.01 Å². The number of fused-ring (bicyclic) bond motifs is 3. The first-order chi connectivity index (χ1) is 14.7. The maximum Gasteiger partial charge on any atom is 0.217 e. The molecule has 0 N–H and O–H groups in total. The van der Waals surface area contributed by atoms with Gasteiger partial charge in [0.2, 0.25) is 6.23 Å². The van der Waals surface area contributed by atoms with Gasteiger partial charge in [0.05, 0.1) is 43.5 Å². The molecule has 0 bridgehead atoms. The molecule has 2 atom stereocenters. The zero-order valence-electron chi connectivity index (χ0n) is 17.0. The molecular weight excluding hydrogens is 400 g/mol. The molecule has 3 heterocycles. The third-order valence-corrected chi connectivity index (χ3v) is 6.43. The SMILES string of the molecule is COc1ccc(OC)c([C@H]2Oc3c(OC)cccc3[C@@H]3CC(c4cccs4)=NN23)c1. The molecular formula is C23H22N2O4S. The molecule has 5 rings (SSSR count). The molecule has 6 nitrogen and oxygen atoms in total. The Labute approximate surface area is 179 Å². The molecule has 2 aliphatic rings. The second-order valence-electron chi connectivity index (χ2n) is 7.08. The predicted molar refractivity (Wildman–Crippen MR) is 116 cm³/mol. The van der Waals surface area contributed by atoms with Crippen molar-refractivity contribution < 1.29 is 18.9 Å². The summed E-state index contributed by atoms with van der Waals surface area (Å²) in [5.74, 6) is 2.92. The molecule has 0 aliphatic carbocycles. The van der Waals surface area contributed by atoms with Crippen LogP contribution in [0.5, 0.6) is 23.0 Å². The van der Waals surface area contributed by atoms with E-state index in [1.807, 2.05) is 35.3 Å². The van der Waals surface area contributed by atoms with E-state index in [1.165, 1.54) is 4.88 Å². The monoisotopic (exact) mass is 422 g/mol. The largest absolute Gasteiger partial charge is 0.497 e. The van der Waals surface area contributed by atoms with Crippen molar-refractivity contribution in [2.75, 3.05) is 21.3 Å². The highest BCUT2D eigenvalue weighted by molar-refractivity contribution is 7.12. The summed E-state index contributed by atoms with van der Waals surface area (Å²) in [6, 6.07) is 15.9. The van der Waals surface area contributed by atoms with Gasteiger partial charge in [0.15, 0.2) is 11.5 Å². The van der Waals surface area contributed by atoms with E-state index in [2.05, 4.69) is 23.6 Å². The standard InChI is InChI=1S/C23H22N2O4S/c1-26-14-9-10-19(27-2)16(12-14)23-25-18(13-17(24-25)21-8-5-11-30-21)15-6-4-7-20(28-3)22(15)29-23/h4-12,18,23H,13H2,1-3H3/t18-,23+/m0/s1. The molecule has 2 aromatic carbocycles. The van der Waals surface area contributed by atoms with E-state index in [4.69, 9.17) is 24.0 Å². The lowest BCUT2D eigenvalue weighted by molar-refractivity contribution is -0.0223. The number of thiophene rings is 1. The minimum absolute atomic E-state index is 0.0434. The minimum Gasteiger partial charge on any atom is -0.497 e. The van der Waals surface area contributed by atoms with E-state index in [0.717, 1.165) is 40.5 Å². The third kappa shape index (κ3) is 2.97. The summed E-state index contributed by atoms with van der Waals surface area (Å²) in [5.41, 5.74) is 2.98. The molecule has 154 valence electrons. The summed E-state index contributed by atoms with van der Waals surface area (Å²) >= 11 is 1.70. The number of rotatable bonds is 5. The molecule has 7 heteroatoms. The summed E-state index contributed by atoms with van der Waals surface area (Å²) in [4.78, 5) is 1.17. The van der Waals surface area contributed by atoms with Crippen LogP contribution in [0.4, 0.5) is 0 Å². The van der Waals surface area contributed by atoms with E-state index in [1.54, 1.807) is 32.7 Å². The van der Waals surface area contributed by atoms with Crippen LogP contribution >= 0.6 is 11.3 Å². The minimum atomic E-state index is -0.471. The lowest BCUT2D eigenvalue weighted by Crippen LogP contribution is -2.34. The fourth-order valence-electron chi connectivity index (χ4n) is 4.07. The Kier molecular flexibility index (Phi) is 4.75. The molecule has 0 unspecified atom stereocenters. The molecule has 0 fully saturated rings. The number of para-hydroxylation sites is 1. The molecule has 0 saturated heterocycles. The van der Waals surface area contributed by atoms with E-state index in [-0.39, 0.29) is 6.04 Å². The highest BCUT2D eigenvalue weighted by Crippen LogP contribution is 2.52. The van der Waals surface area contributed by atoms with Crippen LogP contribution in [-0.2, 0) is 0 Å². The fourth-order valence-corrected chi connectivity index (χ4v) is 4.79. The van der Waals surface area contributed by atoms with Gasteiger partial charge >= 0.3 is 0 Å². The first-order valence-electron chi connectivity index (χ1n) is 9.68. The topological polar surface area (TPSA) is 52.5 Å². The van der Waals surface area contributed by atoms with Crippen molar-refractivity contribution in [3.63, 3.8) is 0 Å². The van der Waals surface area contributed by atoms with Crippen molar-refractivity contribution in [3.05, 3.63) is 69.9 Å². The summed E-state index contributed by atoms with van der Waals surface area (Å²) in [6.07, 6.45) is 0.327. The van der Waals surface area contributed by atoms with Crippen molar-refractivity contribution in [2.45, 2.75) is 18.7 Å². The third-order valence-electron chi connectivity index (χ3n) is 5.51. The summed E-state index contributed by atoms with van der Waals surface area (Å²) in [6.45, 7) is 0. The molecule has 0 radical (unpaired) electrons. The van der Waals surface area contributed by atoms with Crippen LogP contribution in [-0.4, -0.2) is 32.0 Å². The summed E-state index contributed by atoms with van der Waals surface area (Å²) in [5, 5.41) is 9.10. The molecule has 0 amide bonds. The van der Waals surface area contributed by atoms with Crippen LogP contribution in [0.25, 0.3) is 0 Å². The Morgan fingerprint density at radius 2 is 1.83 bits per heavy atom. The van der Waals surface area contributed by atoms with E-state index in [0.29, 0.717) is 5.75 Å². The molecule has 0 saturated carbocycles. The maximum atomic E-state index is 6.52. The van der Waals surface area contributed by atoms with Crippen LogP contribution in [0.15, 0.2) is 59.0 Å². The highest BCUT2D eigenvalue weighted by atomic mass is 32.1. The van der Waals surface area contributed by atoms with Gasteiger partial charge in [0.1, 0.15) is 11.5 Å². The predicted octanol–water partition coefficient (Wildman–Crippen LogP) is 5.02. The first-order valence-corrected chi connectivity index (χ1v) is 10.6. The Balaban J connectivity index is 1.67. The maximum absolute atomic E-state index is 6.52. The van der Waals surface area contributed by atoms with Crippen LogP contribution in [0.1, 0.15) is 34.7 Å². The molecule has 2 aliphatic heterocycles. The Hall–Kier alpha value is -3.19. The lowest BCUT2D eigenvalue weighted by Gasteiger charge is -2.39.